The number of furan rings is 1. The van der Waals surface area contributed by atoms with Crippen LogP contribution in [0.15, 0.2) is 52.9 Å². The molecule has 0 bridgehead atoms. The molecule has 0 spiro atoms. The lowest BCUT2D eigenvalue weighted by Crippen LogP contribution is -2.17. The summed E-state index contributed by atoms with van der Waals surface area (Å²) >= 11 is 0. The van der Waals surface area contributed by atoms with E-state index in [0.717, 1.165) is 27.9 Å². The fourth-order valence-corrected chi connectivity index (χ4v) is 2.44. The molecule has 3 aromatic rings. The third-order valence-corrected chi connectivity index (χ3v) is 3.54. The molecule has 0 aliphatic rings. The molecule has 1 aromatic heterocycles. The van der Waals surface area contributed by atoms with Crippen molar-refractivity contribution in [2.75, 3.05) is 13.2 Å². The van der Waals surface area contributed by atoms with Gasteiger partial charge in [0.25, 0.3) is 0 Å². The molecule has 0 atom stereocenters. The Bertz CT molecular complexity index is 749. The first kappa shape index (κ1) is 14.8. The summed E-state index contributed by atoms with van der Waals surface area (Å²) in [5, 5.41) is 13.0. The number of hydrogen-bond acceptors (Lipinski definition) is 3. The van der Waals surface area contributed by atoms with E-state index in [0.29, 0.717) is 19.5 Å². The molecule has 0 saturated heterocycles. The van der Waals surface area contributed by atoms with Crippen LogP contribution in [0.1, 0.15) is 16.9 Å². The third-order valence-electron chi connectivity index (χ3n) is 3.54. The normalized spacial score (nSPS) is 11.2. The van der Waals surface area contributed by atoms with Crippen LogP contribution < -0.4 is 5.32 Å². The van der Waals surface area contributed by atoms with Gasteiger partial charge in [-0.1, -0.05) is 24.3 Å². The number of rotatable bonds is 6. The molecule has 114 valence electrons. The van der Waals surface area contributed by atoms with Gasteiger partial charge in [-0.05, 0) is 35.4 Å². The molecule has 0 amide bonds. The van der Waals surface area contributed by atoms with Gasteiger partial charge < -0.3 is 14.8 Å². The molecule has 0 radical (unpaired) electrons. The quantitative estimate of drug-likeness (QED) is 0.687. The minimum Gasteiger partial charge on any atom is -0.461 e. The first-order valence-electron chi connectivity index (χ1n) is 7.32. The van der Waals surface area contributed by atoms with E-state index in [2.05, 4.69) is 5.32 Å². The predicted octanol–water partition coefficient (Wildman–Crippen LogP) is 3.24. The summed E-state index contributed by atoms with van der Waals surface area (Å²) in [6, 6.07) is 14.6. The molecule has 2 N–H and O–H groups in total. The molecule has 4 heteroatoms. The largest absolute Gasteiger partial charge is 0.461 e. The highest BCUT2D eigenvalue weighted by Gasteiger charge is 2.06. The zero-order valence-electron chi connectivity index (χ0n) is 12.2. The molecule has 2 aromatic carbocycles. The Hall–Kier alpha value is -2.17. The smallest absolute Gasteiger partial charge is 0.134 e. The lowest BCUT2D eigenvalue weighted by atomic mass is 10.1. The van der Waals surface area contributed by atoms with Crippen molar-refractivity contribution in [3.63, 3.8) is 0 Å². The summed E-state index contributed by atoms with van der Waals surface area (Å²) in [4.78, 5) is 0. The average molecular weight is 299 g/mol. The highest BCUT2D eigenvalue weighted by atomic mass is 19.1. The van der Waals surface area contributed by atoms with Crippen LogP contribution in [-0.2, 0) is 13.0 Å². The van der Waals surface area contributed by atoms with Crippen molar-refractivity contribution >= 4 is 11.0 Å². The molecule has 0 aliphatic heterocycles. The number of nitrogens with one attached hydrogen (secondary N) is 1. The van der Waals surface area contributed by atoms with E-state index in [1.54, 1.807) is 12.1 Å². The van der Waals surface area contributed by atoms with Crippen LogP contribution in [0.25, 0.3) is 11.0 Å². The summed E-state index contributed by atoms with van der Waals surface area (Å²) in [5.41, 5.74) is 2.98. The Morgan fingerprint density at radius 2 is 1.77 bits per heavy atom. The van der Waals surface area contributed by atoms with E-state index < -0.39 is 0 Å². The van der Waals surface area contributed by atoms with Crippen molar-refractivity contribution in [2.45, 2.75) is 13.0 Å². The van der Waals surface area contributed by atoms with Crippen molar-refractivity contribution in [3.8, 4) is 0 Å². The highest BCUT2D eigenvalue weighted by Crippen LogP contribution is 2.23. The summed E-state index contributed by atoms with van der Waals surface area (Å²) < 4.78 is 18.8. The average Bonchev–Trinajstić information content (AvgIpc) is 2.91. The van der Waals surface area contributed by atoms with E-state index in [9.17, 15) is 4.39 Å². The lowest BCUT2D eigenvalue weighted by Gasteiger charge is -2.02. The van der Waals surface area contributed by atoms with Crippen LogP contribution >= 0.6 is 0 Å². The minimum atomic E-state index is -0.228. The number of aliphatic hydroxyl groups excluding tert-OH is 1. The van der Waals surface area contributed by atoms with Gasteiger partial charge >= 0.3 is 0 Å². The van der Waals surface area contributed by atoms with Crippen LogP contribution in [0.3, 0.4) is 0 Å². The molecule has 0 saturated carbocycles. The van der Waals surface area contributed by atoms with Gasteiger partial charge in [0.05, 0.1) is 6.61 Å². The van der Waals surface area contributed by atoms with Gasteiger partial charge in [-0.25, -0.2) is 4.39 Å². The second kappa shape index (κ2) is 6.73. The van der Waals surface area contributed by atoms with Crippen LogP contribution in [0.4, 0.5) is 4.39 Å². The van der Waals surface area contributed by atoms with Crippen molar-refractivity contribution < 1.29 is 13.9 Å². The molecular formula is C18H18FNO2. The Labute approximate surface area is 128 Å². The number of aliphatic hydroxyl groups is 1. The summed E-state index contributed by atoms with van der Waals surface area (Å²) in [7, 11) is 0. The van der Waals surface area contributed by atoms with E-state index in [1.807, 2.05) is 24.3 Å². The molecule has 0 fully saturated rings. The highest BCUT2D eigenvalue weighted by molar-refractivity contribution is 5.78. The van der Waals surface area contributed by atoms with Crippen molar-refractivity contribution in [2.24, 2.45) is 0 Å². The predicted molar refractivity (Wildman–Crippen MR) is 84.2 cm³/mol. The Morgan fingerprint density at radius 3 is 2.55 bits per heavy atom. The molecular weight excluding hydrogens is 281 g/mol. The van der Waals surface area contributed by atoms with Gasteiger partial charge in [-0.3, -0.25) is 0 Å². The first-order chi connectivity index (χ1) is 10.7. The van der Waals surface area contributed by atoms with Gasteiger partial charge in [-0.15, -0.1) is 0 Å². The van der Waals surface area contributed by atoms with E-state index in [-0.39, 0.29) is 12.4 Å². The second-order valence-corrected chi connectivity index (χ2v) is 5.29. The zero-order valence-corrected chi connectivity index (χ0v) is 12.2. The maximum atomic E-state index is 12.9. The van der Waals surface area contributed by atoms with E-state index in [1.165, 1.54) is 12.1 Å². The topological polar surface area (TPSA) is 45.4 Å². The maximum Gasteiger partial charge on any atom is 0.134 e. The fraction of sp³-hybridized carbons (Fsp3) is 0.222. The monoisotopic (exact) mass is 299 g/mol. The fourth-order valence-electron chi connectivity index (χ4n) is 2.44. The van der Waals surface area contributed by atoms with E-state index >= 15 is 0 Å². The number of benzene rings is 2. The van der Waals surface area contributed by atoms with Gasteiger partial charge in [0.1, 0.15) is 17.2 Å². The van der Waals surface area contributed by atoms with Crippen molar-refractivity contribution in [1.82, 2.24) is 5.32 Å². The second-order valence-electron chi connectivity index (χ2n) is 5.29. The van der Waals surface area contributed by atoms with Crippen LogP contribution in [0.2, 0.25) is 0 Å². The molecule has 22 heavy (non-hydrogen) atoms. The van der Waals surface area contributed by atoms with Gasteiger partial charge in [0.2, 0.25) is 0 Å². The van der Waals surface area contributed by atoms with Gasteiger partial charge in [-0.2, -0.15) is 0 Å². The molecule has 1 heterocycles. The Morgan fingerprint density at radius 1 is 1.00 bits per heavy atom. The third kappa shape index (κ3) is 3.53. The number of hydrogen-bond donors (Lipinski definition) is 2. The maximum absolute atomic E-state index is 12.9. The Kier molecular flexibility index (Phi) is 4.51. The number of halogens is 1. The van der Waals surface area contributed by atoms with E-state index in [4.69, 9.17) is 9.52 Å². The zero-order chi connectivity index (χ0) is 15.4. The molecule has 0 unspecified atom stereocenters. The summed E-state index contributed by atoms with van der Waals surface area (Å²) in [6.45, 7) is 1.40. The number of fused-ring (bicyclic) bond motifs is 1. The van der Waals surface area contributed by atoms with Crippen molar-refractivity contribution in [1.29, 1.82) is 0 Å². The van der Waals surface area contributed by atoms with Crippen LogP contribution in [-0.4, -0.2) is 18.3 Å². The van der Waals surface area contributed by atoms with Crippen LogP contribution in [0.5, 0.6) is 0 Å². The lowest BCUT2D eigenvalue weighted by molar-refractivity contribution is 0.292. The molecule has 3 rings (SSSR count). The summed E-state index contributed by atoms with van der Waals surface area (Å²) in [5.74, 6) is 0.635. The summed E-state index contributed by atoms with van der Waals surface area (Å²) in [6.07, 6.45) is 0.646. The van der Waals surface area contributed by atoms with Gasteiger partial charge in [0.15, 0.2) is 0 Å². The van der Waals surface area contributed by atoms with Crippen LogP contribution in [0, 0.1) is 5.82 Å². The minimum absolute atomic E-state index is 0.130. The first-order valence-corrected chi connectivity index (χ1v) is 7.32. The van der Waals surface area contributed by atoms with Gasteiger partial charge in [0, 0.05) is 24.9 Å². The standard InChI is InChI=1S/C18H18FNO2/c19-16-5-2-13(3-6-16)9-17-11-15-4-1-14(10-18(15)22-17)12-20-7-8-21/h1-6,10-11,20-21H,7-9,12H2. The molecule has 0 aliphatic carbocycles. The van der Waals surface area contributed by atoms with Crippen molar-refractivity contribution in [3.05, 3.63) is 71.2 Å². The molecule has 3 nitrogen and oxygen atoms in total. The SMILES string of the molecule is OCCNCc1ccc2cc(Cc3ccc(F)cc3)oc2c1. The Balaban J connectivity index is 1.75.